The Kier molecular flexibility index (Phi) is 1.91. The van der Waals surface area contributed by atoms with E-state index in [2.05, 4.69) is 10.5 Å². The van der Waals surface area contributed by atoms with Gasteiger partial charge in [-0.3, -0.25) is 4.79 Å². The molecule has 0 unspecified atom stereocenters. The fraction of sp³-hybridized carbons (Fsp3) is 0.333. The van der Waals surface area contributed by atoms with Crippen LogP contribution in [-0.4, -0.2) is 18.3 Å². The maximum absolute atomic E-state index is 12.0. The lowest BCUT2D eigenvalue weighted by Crippen LogP contribution is -2.29. The maximum atomic E-state index is 12.0. The molecule has 0 aliphatic carbocycles. The van der Waals surface area contributed by atoms with E-state index in [-0.39, 0.29) is 5.57 Å². The van der Waals surface area contributed by atoms with Crippen LogP contribution >= 0.6 is 0 Å². The first-order valence-electron chi connectivity index (χ1n) is 2.92. The molecule has 1 aliphatic rings. The van der Waals surface area contributed by atoms with Gasteiger partial charge < -0.3 is 0 Å². The largest absolute Gasteiger partial charge is 0.422 e. The molecule has 1 amide bonds. The number of alkyl halides is 3. The number of nitrogens with zero attached hydrogens (tertiary/aromatic N) is 2. The lowest BCUT2D eigenvalue weighted by atomic mass is 10.1. The van der Waals surface area contributed by atoms with E-state index in [0.29, 0.717) is 0 Å². The van der Waals surface area contributed by atoms with Crippen molar-refractivity contribution in [2.24, 2.45) is 5.10 Å². The zero-order valence-corrected chi connectivity index (χ0v) is 5.94. The Balaban J connectivity index is 3.14. The van der Waals surface area contributed by atoms with E-state index in [1.807, 2.05) is 6.21 Å². The fourth-order valence-electron chi connectivity index (χ4n) is 0.746. The Morgan fingerprint density at radius 2 is 2.00 bits per heavy atom. The number of hydrogen-bond acceptors (Lipinski definition) is 2. The van der Waals surface area contributed by atoms with Crippen molar-refractivity contribution in [1.82, 2.24) is 5.43 Å². The van der Waals surface area contributed by atoms with Crippen LogP contribution in [0.3, 0.4) is 0 Å². The third kappa shape index (κ3) is 1.46. The molecule has 2 radical (unpaired) electrons. The van der Waals surface area contributed by atoms with Gasteiger partial charge in [0.1, 0.15) is 11.8 Å². The molecule has 1 rings (SSSR count). The summed E-state index contributed by atoms with van der Waals surface area (Å²) in [5, 5.41) is 2.97. The number of rotatable bonds is 0. The molecule has 64 valence electrons. The molecule has 0 bridgehead atoms. The number of carbonyl (C=O) groups excluding carboxylic acids is 1. The molecule has 0 fully saturated rings. The van der Waals surface area contributed by atoms with Gasteiger partial charge >= 0.3 is 12.1 Å². The van der Waals surface area contributed by atoms with Crippen molar-refractivity contribution in [1.29, 1.82) is 0 Å². The van der Waals surface area contributed by atoms with E-state index >= 15 is 0 Å². The van der Waals surface area contributed by atoms with Gasteiger partial charge in [-0.15, -0.1) is 10.5 Å². The minimum Gasteiger partial charge on any atom is -0.265 e. The summed E-state index contributed by atoms with van der Waals surface area (Å²) in [4.78, 5) is 10.6. The topological polar surface area (TPSA) is 43.5 Å². The number of amides is 1. The van der Waals surface area contributed by atoms with Gasteiger partial charge in [-0.05, 0) is 12.5 Å². The van der Waals surface area contributed by atoms with Crippen molar-refractivity contribution in [3.05, 3.63) is 11.1 Å². The Morgan fingerprint density at radius 1 is 1.42 bits per heavy atom. The molecule has 0 aromatic carbocycles. The molecule has 0 saturated carbocycles. The summed E-state index contributed by atoms with van der Waals surface area (Å²) in [6, 6.07) is 0. The monoisotopic (exact) mass is 176 g/mol. The molecule has 0 spiro atoms. The Labute approximate surface area is 65.9 Å². The summed E-state index contributed by atoms with van der Waals surface area (Å²) in [5.74, 6) is -1.36. The molecule has 1 aliphatic heterocycles. The van der Waals surface area contributed by atoms with Crippen LogP contribution in [0.5, 0.6) is 0 Å². The normalized spacial score (nSPS) is 18.2. The van der Waals surface area contributed by atoms with Crippen molar-refractivity contribution in [3.63, 3.8) is 0 Å². The molecule has 6 heteroatoms. The van der Waals surface area contributed by atoms with Crippen molar-refractivity contribution < 1.29 is 18.0 Å². The number of hydrogen-bond donors (Lipinski definition) is 0. The van der Waals surface area contributed by atoms with E-state index in [4.69, 9.17) is 0 Å². The minimum atomic E-state index is -4.67. The summed E-state index contributed by atoms with van der Waals surface area (Å²) in [7, 11) is 0. The molecule has 0 N–H and O–H groups in total. The van der Waals surface area contributed by atoms with E-state index in [9.17, 15) is 18.0 Å². The summed E-state index contributed by atoms with van der Waals surface area (Å²) in [5.41, 5.74) is 1.10. The van der Waals surface area contributed by atoms with Crippen LogP contribution in [-0.2, 0) is 4.79 Å². The standard InChI is InChI=1S/C6H3F3N2O/c1-3-2-10-11-5(12)4(3)6(7,8)9/h1H3. The van der Waals surface area contributed by atoms with Crippen molar-refractivity contribution in [2.75, 3.05) is 0 Å². The Bertz CT molecular complexity index is 277. The average molecular weight is 176 g/mol. The molecular formula is C6H3F3N2O. The first-order valence-corrected chi connectivity index (χ1v) is 2.92. The summed E-state index contributed by atoms with van der Waals surface area (Å²) in [6.45, 7) is 1.11. The van der Waals surface area contributed by atoms with Crippen molar-refractivity contribution in [3.8, 4) is 0 Å². The number of allylic oxidation sites excluding steroid dienone is 1. The fourth-order valence-corrected chi connectivity index (χ4v) is 0.746. The van der Waals surface area contributed by atoms with Crippen molar-refractivity contribution >= 4 is 12.1 Å². The van der Waals surface area contributed by atoms with Gasteiger partial charge in [-0.2, -0.15) is 13.2 Å². The molecule has 0 aromatic rings. The zero-order valence-electron chi connectivity index (χ0n) is 5.94. The van der Waals surface area contributed by atoms with E-state index < -0.39 is 17.7 Å². The van der Waals surface area contributed by atoms with Crippen LogP contribution < -0.4 is 5.43 Å². The maximum Gasteiger partial charge on any atom is 0.422 e. The third-order valence-electron chi connectivity index (χ3n) is 1.23. The van der Waals surface area contributed by atoms with Crippen molar-refractivity contribution in [2.45, 2.75) is 13.1 Å². The number of carbonyl (C=O) groups is 1. The zero-order chi connectivity index (χ0) is 9.35. The summed E-state index contributed by atoms with van der Waals surface area (Å²) >= 11 is 0. The lowest BCUT2D eigenvalue weighted by Gasteiger charge is -2.12. The highest BCUT2D eigenvalue weighted by molar-refractivity contribution is 6.03. The molecule has 1 heterocycles. The first-order chi connectivity index (χ1) is 5.43. The second-order valence-corrected chi connectivity index (χ2v) is 2.11. The molecular weight excluding hydrogens is 173 g/mol. The SMILES string of the molecule is CC1=C(C(F)(F)F)C(=O)[N]N=[C]1. The van der Waals surface area contributed by atoms with Crippen LogP contribution in [0.1, 0.15) is 6.92 Å². The van der Waals surface area contributed by atoms with Crippen LogP contribution in [0.15, 0.2) is 16.2 Å². The van der Waals surface area contributed by atoms with E-state index in [0.717, 1.165) is 6.92 Å². The Morgan fingerprint density at radius 3 is 2.33 bits per heavy atom. The van der Waals surface area contributed by atoms with Crippen LogP contribution in [0, 0.1) is 0 Å². The predicted molar refractivity (Wildman–Crippen MR) is 33.3 cm³/mol. The van der Waals surface area contributed by atoms with Crippen LogP contribution in [0.25, 0.3) is 0 Å². The van der Waals surface area contributed by atoms with Gasteiger partial charge in [0.15, 0.2) is 0 Å². The van der Waals surface area contributed by atoms with Crippen LogP contribution in [0.4, 0.5) is 13.2 Å². The second-order valence-electron chi connectivity index (χ2n) is 2.11. The van der Waals surface area contributed by atoms with E-state index in [1.54, 1.807) is 0 Å². The highest BCUT2D eigenvalue weighted by Gasteiger charge is 2.41. The van der Waals surface area contributed by atoms with Gasteiger partial charge in [-0.25, -0.2) is 0 Å². The third-order valence-corrected chi connectivity index (χ3v) is 1.23. The second kappa shape index (κ2) is 2.62. The van der Waals surface area contributed by atoms with E-state index in [1.165, 1.54) is 0 Å². The number of halogens is 3. The summed E-state index contributed by atoms with van der Waals surface area (Å²) in [6.07, 6.45) is -2.71. The average Bonchev–Trinajstić information content (AvgIpc) is 1.82. The summed E-state index contributed by atoms with van der Waals surface area (Å²) < 4.78 is 36.1. The first kappa shape index (κ1) is 8.76. The van der Waals surface area contributed by atoms with Gasteiger partial charge in [0.2, 0.25) is 0 Å². The smallest absolute Gasteiger partial charge is 0.265 e. The van der Waals surface area contributed by atoms with Gasteiger partial charge in [0, 0.05) is 0 Å². The molecule has 3 nitrogen and oxygen atoms in total. The molecule has 0 atom stereocenters. The quantitative estimate of drug-likeness (QED) is 0.540. The molecule has 0 saturated heterocycles. The minimum absolute atomic E-state index is 0.331. The predicted octanol–water partition coefficient (Wildman–Crippen LogP) is 0.873. The molecule has 12 heavy (non-hydrogen) atoms. The highest BCUT2D eigenvalue weighted by atomic mass is 19.4. The van der Waals surface area contributed by atoms with Gasteiger partial charge in [-0.1, -0.05) is 0 Å². The molecule has 0 aromatic heterocycles. The Hall–Kier alpha value is -1.33. The van der Waals surface area contributed by atoms with Gasteiger partial charge in [0.25, 0.3) is 0 Å². The lowest BCUT2D eigenvalue weighted by molar-refractivity contribution is -0.131. The van der Waals surface area contributed by atoms with Crippen LogP contribution in [0.2, 0.25) is 0 Å². The highest BCUT2D eigenvalue weighted by Crippen LogP contribution is 2.29. The van der Waals surface area contributed by atoms with Gasteiger partial charge in [0.05, 0.1) is 0 Å².